The summed E-state index contributed by atoms with van der Waals surface area (Å²) in [5, 5.41) is 24.4. The van der Waals surface area contributed by atoms with Crippen LogP contribution in [-0.4, -0.2) is 9.13 Å². The molecule has 0 spiro atoms. The molecule has 5 nitrogen and oxygen atoms in total. The molecule has 0 aliphatic carbocycles. The Balaban J connectivity index is 1.25. The van der Waals surface area contributed by atoms with Crippen LogP contribution in [0.3, 0.4) is 0 Å². The quantitative estimate of drug-likeness (QED) is 0.181. The lowest BCUT2D eigenvalue weighted by molar-refractivity contribution is 1.18. The Morgan fingerprint density at radius 2 is 1.16 bits per heavy atom. The van der Waals surface area contributed by atoms with Crippen LogP contribution in [0, 0.1) is 29.2 Å². The van der Waals surface area contributed by atoms with Crippen molar-refractivity contribution in [2.75, 3.05) is 0 Å². The molecule has 0 bridgehead atoms. The Bertz CT molecular complexity index is 2960. The number of nitriles is 2. The Labute approximate surface area is 288 Å². The zero-order chi connectivity index (χ0) is 33.8. The molecule has 0 amide bonds. The van der Waals surface area contributed by atoms with Gasteiger partial charge < -0.3 is 9.13 Å². The predicted octanol–water partition coefficient (Wildman–Crippen LogP) is 11.5. The average molecular weight is 636 g/mol. The Hall–Kier alpha value is -7.39. The molecule has 0 unspecified atom stereocenters. The van der Waals surface area contributed by atoms with Crippen LogP contribution < -0.4 is 0 Å². The van der Waals surface area contributed by atoms with Gasteiger partial charge in [-0.25, -0.2) is 4.85 Å². The first-order valence-corrected chi connectivity index (χ1v) is 16.3. The lowest BCUT2D eigenvalue weighted by atomic mass is 9.90. The van der Waals surface area contributed by atoms with E-state index in [1.54, 1.807) is 0 Å². The number of hydrogen-bond donors (Lipinski definition) is 0. The zero-order valence-corrected chi connectivity index (χ0v) is 26.7. The van der Waals surface area contributed by atoms with Crippen LogP contribution in [0.4, 0.5) is 5.69 Å². The van der Waals surface area contributed by atoms with E-state index < -0.39 is 0 Å². The molecular weight excluding hydrogens is 611 g/mol. The standard InChI is InChI=1S/C45H25N5/c1-48-39-16-9-15-37-34-12-4-6-17-40(34)49(45(37)39)32-23-21-30(22-24-32)33-11-2-3-14-36(33)44-31(28-47)10-8-19-43(44)50-41-18-7-5-13-35(41)38-26-29(27-46)20-25-42(38)50/h2-26H. The molecule has 230 valence electrons. The Kier molecular flexibility index (Phi) is 6.56. The maximum atomic E-state index is 10.5. The van der Waals surface area contributed by atoms with Crippen molar-refractivity contribution in [2.45, 2.75) is 0 Å². The number of hydrogen-bond acceptors (Lipinski definition) is 2. The lowest BCUT2D eigenvalue weighted by Gasteiger charge is -2.18. The molecular formula is C45H25N5. The van der Waals surface area contributed by atoms with Crippen molar-refractivity contribution in [3.63, 3.8) is 0 Å². The first kappa shape index (κ1) is 28.8. The minimum absolute atomic E-state index is 0.572. The Morgan fingerprint density at radius 3 is 1.90 bits per heavy atom. The second-order valence-electron chi connectivity index (χ2n) is 12.2. The normalized spacial score (nSPS) is 11.1. The monoisotopic (exact) mass is 635 g/mol. The summed E-state index contributed by atoms with van der Waals surface area (Å²) in [6.07, 6.45) is 0. The van der Waals surface area contributed by atoms with E-state index in [0.717, 1.165) is 77.2 Å². The van der Waals surface area contributed by atoms with E-state index in [0.29, 0.717) is 16.8 Å². The third-order valence-corrected chi connectivity index (χ3v) is 9.63. The lowest BCUT2D eigenvalue weighted by Crippen LogP contribution is -2.00. The topological polar surface area (TPSA) is 61.8 Å². The van der Waals surface area contributed by atoms with E-state index in [4.69, 9.17) is 6.57 Å². The van der Waals surface area contributed by atoms with Gasteiger partial charge in [-0.15, -0.1) is 0 Å². The van der Waals surface area contributed by atoms with Crippen molar-refractivity contribution >= 4 is 49.3 Å². The van der Waals surface area contributed by atoms with Crippen LogP contribution in [0.15, 0.2) is 152 Å². The van der Waals surface area contributed by atoms with Crippen LogP contribution in [0.2, 0.25) is 0 Å². The maximum Gasteiger partial charge on any atom is 0.211 e. The van der Waals surface area contributed by atoms with Gasteiger partial charge in [-0.1, -0.05) is 97.1 Å². The van der Waals surface area contributed by atoms with Gasteiger partial charge in [0.2, 0.25) is 5.69 Å². The van der Waals surface area contributed by atoms with Gasteiger partial charge >= 0.3 is 0 Å². The highest BCUT2D eigenvalue weighted by Crippen LogP contribution is 2.42. The molecule has 5 heteroatoms. The second-order valence-corrected chi connectivity index (χ2v) is 12.2. The molecule has 0 radical (unpaired) electrons. The average Bonchev–Trinajstić information content (AvgIpc) is 3.70. The highest BCUT2D eigenvalue weighted by atomic mass is 15.0. The van der Waals surface area contributed by atoms with Crippen molar-refractivity contribution in [1.29, 1.82) is 10.5 Å². The largest absolute Gasteiger partial charge is 0.319 e. The number of aromatic nitrogens is 2. The number of para-hydroxylation sites is 3. The highest BCUT2D eigenvalue weighted by Gasteiger charge is 2.21. The van der Waals surface area contributed by atoms with Crippen LogP contribution in [-0.2, 0) is 0 Å². The minimum Gasteiger partial charge on any atom is -0.319 e. The fourth-order valence-electron chi connectivity index (χ4n) is 7.51. The molecule has 50 heavy (non-hydrogen) atoms. The third kappa shape index (κ3) is 4.24. The van der Waals surface area contributed by atoms with Gasteiger partial charge in [0, 0.05) is 27.4 Å². The van der Waals surface area contributed by atoms with E-state index in [1.165, 1.54) is 0 Å². The molecule has 7 aromatic carbocycles. The number of benzene rings is 7. The van der Waals surface area contributed by atoms with E-state index in [9.17, 15) is 10.5 Å². The van der Waals surface area contributed by atoms with Crippen molar-refractivity contribution in [1.82, 2.24) is 9.13 Å². The van der Waals surface area contributed by atoms with Gasteiger partial charge in [0.15, 0.2) is 0 Å². The summed E-state index contributed by atoms with van der Waals surface area (Å²) in [5.74, 6) is 0. The van der Waals surface area contributed by atoms with Crippen LogP contribution >= 0.6 is 0 Å². The van der Waals surface area contributed by atoms with E-state index >= 15 is 0 Å². The van der Waals surface area contributed by atoms with Crippen LogP contribution in [0.1, 0.15) is 11.1 Å². The summed E-state index contributed by atoms with van der Waals surface area (Å²) in [6, 6.07) is 55.5. The molecule has 0 aliphatic rings. The molecule has 9 aromatic rings. The molecule has 0 saturated carbocycles. The van der Waals surface area contributed by atoms with Crippen LogP contribution in [0.5, 0.6) is 0 Å². The number of fused-ring (bicyclic) bond motifs is 6. The van der Waals surface area contributed by atoms with Crippen molar-refractivity contribution in [2.24, 2.45) is 0 Å². The molecule has 2 heterocycles. The van der Waals surface area contributed by atoms with E-state index in [1.807, 2.05) is 78.9 Å². The maximum absolute atomic E-state index is 10.5. The smallest absolute Gasteiger partial charge is 0.211 e. The van der Waals surface area contributed by atoms with Gasteiger partial charge in [0.05, 0.1) is 57.6 Å². The van der Waals surface area contributed by atoms with E-state index in [-0.39, 0.29) is 0 Å². The van der Waals surface area contributed by atoms with Gasteiger partial charge in [0.25, 0.3) is 0 Å². The fourth-order valence-corrected chi connectivity index (χ4v) is 7.51. The molecule has 0 saturated heterocycles. The first-order chi connectivity index (χ1) is 24.7. The van der Waals surface area contributed by atoms with Crippen molar-refractivity contribution in [3.8, 4) is 45.8 Å². The molecule has 2 aromatic heterocycles. The van der Waals surface area contributed by atoms with Crippen molar-refractivity contribution < 1.29 is 0 Å². The number of rotatable bonds is 4. The molecule has 0 atom stereocenters. The molecule has 0 N–H and O–H groups in total. The minimum atomic E-state index is 0.572. The highest BCUT2D eigenvalue weighted by molar-refractivity contribution is 6.13. The summed E-state index contributed by atoms with van der Waals surface area (Å²) in [4.78, 5) is 3.87. The van der Waals surface area contributed by atoms with Gasteiger partial charge in [0.1, 0.15) is 0 Å². The SMILES string of the molecule is [C-]#[N+]c1cccc2c3ccccc3n(-c3ccc(-c4ccccc4-c4c(C#N)cccc4-n4c5ccccc5c5cc(C#N)ccc54)cc3)c12. The summed E-state index contributed by atoms with van der Waals surface area (Å²) in [7, 11) is 0. The molecule has 0 aliphatic heterocycles. The zero-order valence-electron chi connectivity index (χ0n) is 26.7. The van der Waals surface area contributed by atoms with Crippen LogP contribution in [0.25, 0.3) is 82.1 Å². The number of nitrogens with zero attached hydrogens (tertiary/aromatic N) is 5. The molecule has 9 rings (SSSR count). The van der Waals surface area contributed by atoms with E-state index in [2.05, 4.69) is 98.9 Å². The fraction of sp³-hybridized carbons (Fsp3) is 0. The summed E-state index contributed by atoms with van der Waals surface area (Å²) in [6.45, 7) is 7.89. The predicted molar refractivity (Wildman–Crippen MR) is 202 cm³/mol. The summed E-state index contributed by atoms with van der Waals surface area (Å²) in [5.41, 5.74) is 11.4. The summed E-state index contributed by atoms with van der Waals surface area (Å²) >= 11 is 0. The summed E-state index contributed by atoms with van der Waals surface area (Å²) < 4.78 is 4.38. The van der Waals surface area contributed by atoms with Gasteiger partial charge in [-0.05, 0) is 76.7 Å². The first-order valence-electron chi connectivity index (χ1n) is 16.3. The Morgan fingerprint density at radius 1 is 0.520 bits per heavy atom. The van der Waals surface area contributed by atoms with Crippen molar-refractivity contribution in [3.05, 3.63) is 174 Å². The third-order valence-electron chi connectivity index (χ3n) is 9.63. The molecule has 0 fully saturated rings. The second kappa shape index (κ2) is 11.4. The van der Waals surface area contributed by atoms with Gasteiger partial charge in [-0.3, -0.25) is 0 Å². The van der Waals surface area contributed by atoms with Gasteiger partial charge in [-0.2, -0.15) is 10.5 Å².